The number of hydrogen-bond acceptors (Lipinski definition) is 4. The number of nitrogens with two attached hydrogens (primary N) is 1. The maximum absolute atomic E-state index is 13.4. The van der Waals surface area contributed by atoms with Gasteiger partial charge in [-0.1, -0.05) is 0 Å². The molecule has 27 heavy (non-hydrogen) atoms. The van der Waals surface area contributed by atoms with Crippen LogP contribution in [0.5, 0.6) is 0 Å². The van der Waals surface area contributed by atoms with Gasteiger partial charge in [0.1, 0.15) is 0 Å². The van der Waals surface area contributed by atoms with E-state index in [1.807, 2.05) is 9.97 Å². The van der Waals surface area contributed by atoms with E-state index in [0.717, 1.165) is 0 Å². The van der Waals surface area contributed by atoms with Crippen LogP contribution in [0.15, 0.2) is 0 Å². The van der Waals surface area contributed by atoms with Gasteiger partial charge < -0.3 is 5.73 Å². The molecule has 0 aliphatic rings. The lowest BCUT2D eigenvalue weighted by atomic mass is 10.1. The monoisotopic (exact) mass is 432 g/mol. The van der Waals surface area contributed by atoms with Gasteiger partial charge in [-0.2, -0.15) is 71.4 Å². The lowest BCUT2D eigenvalue weighted by molar-refractivity contribution is -0.364. The second-order valence-corrected chi connectivity index (χ2v) is 4.63. The van der Waals surface area contributed by atoms with Gasteiger partial charge in [-0.15, -0.1) is 0 Å². The van der Waals surface area contributed by atoms with E-state index in [4.69, 9.17) is 0 Å². The minimum atomic E-state index is -7.03. The third-order valence-electron chi connectivity index (χ3n) is 2.72. The van der Waals surface area contributed by atoms with E-state index < -0.39 is 53.6 Å². The summed E-state index contributed by atoms with van der Waals surface area (Å²) in [6.07, 6.45) is -14.0. The molecule has 0 saturated carbocycles. The molecular weight excluding hydrogens is 430 g/mol. The zero-order valence-electron chi connectivity index (χ0n) is 11.7. The fourth-order valence-electron chi connectivity index (χ4n) is 1.31. The summed E-state index contributed by atoms with van der Waals surface area (Å²) in [6.45, 7) is 0. The van der Waals surface area contributed by atoms with Gasteiger partial charge in [-0.05, 0) is 0 Å². The first-order valence-corrected chi connectivity index (χ1v) is 5.78. The molecule has 0 aliphatic heterocycles. The van der Waals surface area contributed by atoms with Gasteiger partial charge in [0.2, 0.25) is 17.6 Å². The number of alkyl halides is 14. The average Bonchev–Trinajstić information content (AvgIpc) is 2.43. The molecule has 0 atom stereocenters. The SMILES string of the molecule is Nc1nc(C(F)(F)C(F)(F)C(F)(F)F)nc(C(F)(F)C(F)(F)C(F)(F)F)n1. The molecule has 0 fully saturated rings. The summed E-state index contributed by atoms with van der Waals surface area (Å²) in [5.74, 6) is -35.7. The van der Waals surface area contributed by atoms with Crippen LogP contribution in [-0.4, -0.2) is 39.1 Å². The summed E-state index contributed by atoms with van der Waals surface area (Å²) in [6, 6.07) is 0. The number of nitrogen functional groups attached to an aromatic ring is 1. The van der Waals surface area contributed by atoms with Gasteiger partial charge in [-0.3, -0.25) is 0 Å². The summed E-state index contributed by atoms with van der Waals surface area (Å²) >= 11 is 0. The Bertz CT molecular complexity index is 649. The lowest BCUT2D eigenvalue weighted by Gasteiger charge is -2.29. The standard InChI is InChI=1S/C9H2F14N4/c10-4(11,6(14,15)8(18,19)20)1-25-2(27-3(24)26-1)5(12,13)7(16,17)9(21,22)23/h(H2,24,25,26,27). The molecule has 0 unspecified atom stereocenters. The molecule has 0 aromatic carbocycles. The van der Waals surface area contributed by atoms with Gasteiger partial charge >= 0.3 is 36.0 Å². The molecule has 1 rings (SSSR count). The highest BCUT2D eigenvalue weighted by Gasteiger charge is 2.77. The molecule has 0 aliphatic carbocycles. The molecule has 2 N–H and O–H groups in total. The smallest absolute Gasteiger partial charge is 0.368 e. The lowest BCUT2D eigenvalue weighted by Crippen LogP contribution is -2.52. The van der Waals surface area contributed by atoms with Crippen LogP contribution >= 0.6 is 0 Å². The Labute approximate surface area is 137 Å². The highest BCUT2D eigenvalue weighted by atomic mass is 19.4. The third kappa shape index (κ3) is 3.40. The molecule has 18 heteroatoms. The normalized spacial score (nSPS) is 15.2. The molecule has 0 saturated heterocycles. The summed E-state index contributed by atoms with van der Waals surface area (Å²) in [4.78, 5) is 5.59. The molecule has 1 aromatic heterocycles. The van der Waals surface area contributed by atoms with Gasteiger partial charge in [0, 0.05) is 0 Å². The predicted molar refractivity (Wildman–Crippen MR) is 54.0 cm³/mol. The molecule has 1 aromatic rings. The molecule has 0 amide bonds. The van der Waals surface area contributed by atoms with E-state index in [1.165, 1.54) is 0 Å². The van der Waals surface area contributed by atoms with E-state index in [1.54, 1.807) is 4.98 Å². The zero-order chi connectivity index (χ0) is 21.9. The van der Waals surface area contributed by atoms with Crippen molar-refractivity contribution in [1.82, 2.24) is 15.0 Å². The van der Waals surface area contributed by atoms with Crippen LogP contribution in [-0.2, 0) is 11.8 Å². The maximum atomic E-state index is 13.4. The minimum absolute atomic E-state index is 1.57. The second-order valence-electron chi connectivity index (χ2n) is 4.63. The van der Waals surface area contributed by atoms with Crippen molar-refractivity contribution in [3.8, 4) is 0 Å². The van der Waals surface area contributed by atoms with Crippen molar-refractivity contribution in [2.75, 3.05) is 5.73 Å². The molecule has 1 heterocycles. The highest BCUT2D eigenvalue weighted by molar-refractivity contribution is 5.22. The first-order chi connectivity index (χ1) is 11.6. The average molecular weight is 432 g/mol. The Hall–Kier alpha value is -2.17. The van der Waals surface area contributed by atoms with E-state index in [0.29, 0.717) is 0 Å². The topological polar surface area (TPSA) is 64.7 Å². The second kappa shape index (κ2) is 5.91. The Morgan fingerprint density at radius 3 is 0.963 bits per heavy atom. The summed E-state index contributed by atoms with van der Waals surface area (Å²) < 4.78 is 177. The van der Waals surface area contributed by atoms with E-state index >= 15 is 0 Å². The Balaban J connectivity index is 3.67. The van der Waals surface area contributed by atoms with Crippen molar-refractivity contribution >= 4 is 5.95 Å². The summed E-state index contributed by atoms with van der Waals surface area (Å²) in [5, 5.41) is 0. The van der Waals surface area contributed by atoms with E-state index in [2.05, 4.69) is 5.73 Å². The molecule has 0 radical (unpaired) electrons. The predicted octanol–water partition coefficient (Wildman–Crippen LogP) is 4.03. The summed E-state index contributed by atoms with van der Waals surface area (Å²) in [5.41, 5.74) is 4.48. The van der Waals surface area contributed by atoms with Crippen LogP contribution in [0.2, 0.25) is 0 Å². The van der Waals surface area contributed by atoms with Gasteiger partial charge in [0.05, 0.1) is 0 Å². The fraction of sp³-hybridized carbons (Fsp3) is 0.667. The number of hydrogen-bond donors (Lipinski definition) is 1. The largest absolute Gasteiger partial charge is 0.460 e. The number of nitrogens with zero attached hydrogens (tertiary/aromatic N) is 3. The first kappa shape index (κ1) is 22.9. The first-order valence-electron chi connectivity index (χ1n) is 5.78. The Morgan fingerprint density at radius 1 is 0.481 bits per heavy atom. The number of aromatic nitrogens is 3. The van der Waals surface area contributed by atoms with Gasteiger partial charge in [0.25, 0.3) is 0 Å². The van der Waals surface area contributed by atoms with Crippen LogP contribution in [0.1, 0.15) is 11.6 Å². The highest BCUT2D eigenvalue weighted by Crippen LogP contribution is 2.53. The Kier molecular flexibility index (Phi) is 5.01. The minimum Gasteiger partial charge on any atom is -0.368 e. The van der Waals surface area contributed by atoms with Gasteiger partial charge in [-0.25, -0.2) is 4.98 Å². The van der Waals surface area contributed by atoms with E-state index in [9.17, 15) is 61.5 Å². The van der Waals surface area contributed by atoms with Gasteiger partial charge in [0.15, 0.2) is 0 Å². The van der Waals surface area contributed by atoms with Crippen molar-refractivity contribution in [2.45, 2.75) is 36.0 Å². The molecular formula is C9H2F14N4. The van der Waals surface area contributed by atoms with Crippen LogP contribution in [0.3, 0.4) is 0 Å². The fourth-order valence-corrected chi connectivity index (χ4v) is 1.31. The number of anilines is 1. The number of rotatable bonds is 4. The van der Waals surface area contributed by atoms with Crippen molar-refractivity contribution in [2.24, 2.45) is 0 Å². The maximum Gasteiger partial charge on any atom is 0.460 e. The van der Waals surface area contributed by atoms with Crippen molar-refractivity contribution < 1.29 is 61.5 Å². The van der Waals surface area contributed by atoms with Crippen LogP contribution < -0.4 is 5.73 Å². The van der Waals surface area contributed by atoms with Crippen LogP contribution in [0.25, 0.3) is 0 Å². The third-order valence-corrected chi connectivity index (χ3v) is 2.72. The van der Waals surface area contributed by atoms with E-state index in [-0.39, 0.29) is 0 Å². The summed E-state index contributed by atoms with van der Waals surface area (Å²) in [7, 11) is 0. The van der Waals surface area contributed by atoms with Crippen LogP contribution in [0, 0.1) is 0 Å². The quantitative estimate of drug-likeness (QED) is 0.730. The molecule has 156 valence electrons. The number of halogens is 14. The molecule has 0 spiro atoms. The Morgan fingerprint density at radius 2 is 0.741 bits per heavy atom. The zero-order valence-corrected chi connectivity index (χ0v) is 11.7. The molecule has 4 nitrogen and oxygen atoms in total. The van der Waals surface area contributed by atoms with Crippen LogP contribution in [0.4, 0.5) is 67.4 Å². The van der Waals surface area contributed by atoms with Crippen molar-refractivity contribution in [3.05, 3.63) is 11.6 Å². The van der Waals surface area contributed by atoms with Crippen molar-refractivity contribution in [1.29, 1.82) is 0 Å². The molecule has 0 bridgehead atoms. The van der Waals surface area contributed by atoms with Crippen molar-refractivity contribution in [3.63, 3.8) is 0 Å².